The van der Waals surface area contributed by atoms with Crippen LogP contribution < -0.4 is 5.32 Å². The number of aryl methyl sites for hydroxylation is 1. The van der Waals surface area contributed by atoms with Crippen molar-refractivity contribution in [3.05, 3.63) is 23.0 Å². The van der Waals surface area contributed by atoms with Crippen molar-refractivity contribution in [2.75, 3.05) is 7.05 Å². The first-order chi connectivity index (χ1) is 11.0. The lowest BCUT2D eigenvalue weighted by Gasteiger charge is -2.34. The molecule has 1 saturated carbocycles. The van der Waals surface area contributed by atoms with Gasteiger partial charge in [-0.2, -0.15) is 0 Å². The van der Waals surface area contributed by atoms with E-state index in [-0.39, 0.29) is 19.0 Å². The quantitative estimate of drug-likeness (QED) is 0.819. The average Bonchev–Trinajstić information content (AvgIpc) is 3.22. The summed E-state index contributed by atoms with van der Waals surface area (Å²) < 4.78 is 16.3. The Morgan fingerprint density at radius 1 is 1.26 bits per heavy atom. The summed E-state index contributed by atoms with van der Waals surface area (Å²) in [5, 5.41) is 10.5. The van der Waals surface area contributed by atoms with Crippen molar-refractivity contribution < 1.29 is 14.0 Å². The second-order valence-corrected chi connectivity index (χ2v) is 5.96. The monoisotopic (exact) mass is 321 g/mol. The molecule has 1 atom stereocenters. The highest BCUT2D eigenvalue weighted by Gasteiger charge is 2.38. The largest absolute Gasteiger partial charge is 0.357 e. The fraction of sp³-hybridized carbons (Fsp3) is 0.600. The Bertz CT molecular complexity index is 673. The van der Waals surface area contributed by atoms with Crippen LogP contribution in [0.25, 0.3) is 0 Å². The van der Waals surface area contributed by atoms with E-state index >= 15 is 0 Å². The van der Waals surface area contributed by atoms with Gasteiger partial charge in [0.25, 0.3) is 5.91 Å². The van der Waals surface area contributed by atoms with Gasteiger partial charge >= 0.3 is 0 Å². The molecule has 0 radical (unpaired) electrons. The number of halogens is 1. The van der Waals surface area contributed by atoms with E-state index in [1.807, 2.05) is 0 Å². The van der Waals surface area contributed by atoms with Crippen LogP contribution in [0, 0.1) is 6.92 Å². The second kappa shape index (κ2) is 6.10. The lowest BCUT2D eigenvalue weighted by molar-refractivity contribution is -0.141. The molecule has 1 aliphatic carbocycles. The van der Waals surface area contributed by atoms with Crippen molar-refractivity contribution >= 4 is 11.8 Å². The van der Waals surface area contributed by atoms with Crippen LogP contribution in [0.1, 0.15) is 37.3 Å². The van der Waals surface area contributed by atoms with Crippen molar-refractivity contribution in [1.82, 2.24) is 25.0 Å². The first kappa shape index (κ1) is 15.6. The molecule has 7 nitrogen and oxygen atoms in total. The molecule has 1 N–H and O–H groups in total. The molecular weight excluding hydrogens is 301 g/mol. The van der Waals surface area contributed by atoms with Crippen LogP contribution in [0.2, 0.25) is 0 Å². The molecule has 0 spiro atoms. The molecule has 0 aromatic carbocycles. The maximum atomic E-state index is 14.5. The minimum absolute atomic E-state index is 0.0818. The number of amides is 2. The number of hydrogen-bond donors (Lipinski definition) is 1. The molecule has 2 aliphatic rings. The zero-order valence-corrected chi connectivity index (χ0v) is 13.3. The minimum Gasteiger partial charge on any atom is -0.357 e. The zero-order chi connectivity index (χ0) is 16.6. The minimum atomic E-state index is -0.762. The first-order valence-corrected chi connectivity index (χ1v) is 7.81. The van der Waals surface area contributed by atoms with E-state index in [9.17, 15) is 14.0 Å². The third-order valence-electron chi connectivity index (χ3n) is 4.57. The Hall–Kier alpha value is -2.25. The van der Waals surface area contributed by atoms with E-state index < -0.39 is 17.8 Å². The molecular formula is C15H20FN5O2. The molecule has 1 aliphatic heterocycles. The van der Waals surface area contributed by atoms with Crippen molar-refractivity contribution in [1.29, 1.82) is 0 Å². The first-order valence-electron chi connectivity index (χ1n) is 7.81. The predicted molar refractivity (Wildman–Crippen MR) is 79.8 cm³/mol. The molecule has 23 heavy (non-hydrogen) atoms. The summed E-state index contributed by atoms with van der Waals surface area (Å²) >= 11 is 0. The standard InChI is InChI=1S/C15H20FN5O2/c1-9-18-19-12-8-21(11(7-20(9)12)14(22)17-2)15(23)13(16)10-5-3-4-6-10/h11H,3-8H2,1-2H3,(H,17,22). The van der Waals surface area contributed by atoms with Gasteiger partial charge in [-0.1, -0.05) is 0 Å². The number of allylic oxidation sites excluding steroid dienone is 1. The van der Waals surface area contributed by atoms with Crippen LogP contribution in [0.15, 0.2) is 11.4 Å². The summed E-state index contributed by atoms with van der Waals surface area (Å²) in [7, 11) is 1.51. The van der Waals surface area contributed by atoms with Gasteiger partial charge in [0.2, 0.25) is 5.91 Å². The number of nitrogens with zero attached hydrogens (tertiary/aromatic N) is 4. The predicted octanol–water partition coefficient (Wildman–Crippen LogP) is 0.841. The molecule has 8 heteroatoms. The second-order valence-electron chi connectivity index (χ2n) is 5.96. The molecule has 0 saturated heterocycles. The molecule has 1 aromatic heterocycles. The number of hydrogen-bond acceptors (Lipinski definition) is 4. The van der Waals surface area contributed by atoms with Crippen molar-refractivity contribution in [2.45, 2.75) is 51.7 Å². The van der Waals surface area contributed by atoms with Gasteiger partial charge in [-0.3, -0.25) is 9.59 Å². The van der Waals surface area contributed by atoms with Crippen LogP contribution in [0.4, 0.5) is 4.39 Å². The maximum Gasteiger partial charge on any atom is 0.283 e. The van der Waals surface area contributed by atoms with Crippen LogP contribution in [0.5, 0.6) is 0 Å². The third-order valence-corrected chi connectivity index (χ3v) is 4.57. The highest BCUT2D eigenvalue weighted by atomic mass is 19.1. The van der Waals surface area contributed by atoms with E-state index in [2.05, 4.69) is 15.5 Å². The number of nitrogens with one attached hydrogen (secondary N) is 1. The number of aromatic nitrogens is 3. The van der Waals surface area contributed by atoms with Gasteiger partial charge in [0.1, 0.15) is 11.9 Å². The number of carbonyl (C=O) groups is 2. The van der Waals surface area contributed by atoms with Crippen molar-refractivity contribution in [2.24, 2.45) is 0 Å². The fourth-order valence-corrected chi connectivity index (χ4v) is 3.22. The number of carbonyl (C=O) groups excluding carboxylic acids is 2. The van der Waals surface area contributed by atoms with Crippen molar-refractivity contribution in [3.63, 3.8) is 0 Å². The van der Waals surface area contributed by atoms with Crippen LogP contribution in [-0.4, -0.2) is 44.6 Å². The molecule has 1 fully saturated rings. The van der Waals surface area contributed by atoms with E-state index in [4.69, 9.17) is 0 Å². The van der Waals surface area contributed by atoms with Gasteiger partial charge in [0.05, 0.1) is 13.1 Å². The number of rotatable bonds is 2. The molecule has 0 bridgehead atoms. The molecule has 1 unspecified atom stereocenters. The highest BCUT2D eigenvalue weighted by Crippen LogP contribution is 2.30. The zero-order valence-electron chi connectivity index (χ0n) is 13.3. The van der Waals surface area contributed by atoms with Gasteiger partial charge < -0.3 is 14.8 Å². The van der Waals surface area contributed by atoms with E-state index in [0.717, 1.165) is 12.8 Å². The Kier molecular flexibility index (Phi) is 4.14. The fourth-order valence-electron chi connectivity index (χ4n) is 3.22. The summed E-state index contributed by atoms with van der Waals surface area (Å²) in [4.78, 5) is 26.0. The van der Waals surface area contributed by atoms with Gasteiger partial charge in [0, 0.05) is 7.05 Å². The Morgan fingerprint density at radius 2 is 1.96 bits per heavy atom. The Balaban J connectivity index is 1.93. The topological polar surface area (TPSA) is 80.1 Å². The van der Waals surface area contributed by atoms with Gasteiger partial charge in [-0.25, -0.2) is 4.39 Å². The lowest BCUT2D eigenvalue weighted by atomic mass is 10.1. The van der Waals surface area contributed by atoms with Crippen molar-refractivity contribution in [3.8, 4) is 0 Å². The number of likely N-dealkylation sites (N-methyl/N-ethyl adjacent to an activating group) is 1. The molecule has 3 rings (SSSR count). The van der Waals surface area contributed by atoms with Crippen LogP contribution >= 0.6 is 0 Å². The normalized spacial score (nSPS) is 20.4. The summed E-state index contributed by atoms with van der Waals surface area (Å²) in [6, 6.07) is -0.762. The summed E-state index contributed by atoms with van der Waals surface area (Å²) in [6.07, 6.45) is 3.04. The maximum absolute atomic E-state index is 14.5. The van der Waals surface area contributed by atoms with E-state index in [1.54, 1.807) is 11.5 Å². The Labute approximate surface area is 133 Å². The molecule has 2 heterocycles. The molecule has 124 valence electrons. The smallest absolute Gasteiger partial charge is 0.283 e. The Morgan fingerprint density at radius 3 is 2.61 bits per heavy atom. The van der Waals surface area contributed by atoms with Gasteiger partial charge in [-0.05, 0) is 38.2 Å². The van der Waals surface area contributed by atoms with Gasteiger partial charge in [-0.15, -0.1) is 10.2 Å². The van der Waals surface area contributed by atoms with Gasteiger partial charge in [0.15, 0.2) is 11.7 Å². The molecule has 1 aromatic rings. The number of fused-ring (bicyclic) bond motifs is 1. The third kappa shape index (κ3) is 2.73. The van der Waals surface area contributed by atoms with Crippen LogP contribution in [0.3, 0.4) is 0 Å². The van der Waals surface area contributed by atoms with Crippen LogP contribution in [-0.2, 0) is 22.7 Å². The summed E-state index contributed by atoms with van der Waals surface area (Å²) in [6.45, 7) is 2.11. The van der Waals surface area contributed by atoms with E-state index in [1.165, 1.54) is 11.9 Å². The SMILES string of the molecule is CNC(=O)C1Cn2c(C)nnc2CN1C(=O)C(F)=C1CCCC1. The summed E-state index contributed by atoms with van der Waals surface area (Å²) in [5.41, 5.74) is 0.564. The van der Waals surface area contributed by atoms with E-state index in [0.29, 0.717) is 30.1 Å². The highest BCUT2D eigenvalue weighted by molar-refractivity contribution is 5.96. The molecule has 2 amide bonds. The lowest BCUT2D eigenvalue weighted by Crippen LogP contribution is -2.54. The summed E-state index contributed by atoms with van der Waals surface area (Å²) in [5.74, 6) is -0.499. The average molecular weight is 321 g/mol.